The van der Waals surface area contributed by atoms with Crippen molar-refractivity contribution in [3.63, 3.8) is 0 Å². The van der Waals surface area contributed by atoms with E-state index in [0.29, 0.717) is 25.2 Å². The standard InChI is InChI=1S/C21H20ClFN4O2/c1-15(20-13-27(26-25-20)12-16-5-3-2-4-6-16)9-10-24-21(28)14-29-17-7-8-18(22)19(23)11-17/h2-8,11,13H,1,9-10,12,14H2,(H,24,28). The zero-order valence-corrected chi connectivity index (χ0v) is 16.4. The molecule has 0 aliphatic heterocycles. The molecule has 0 radical (unpaired) electrons. The van der Waals surface area contributed by atoms with Crippen LogP contribution in [0.2, 0.25) is 5.02 Å². The summed E-state index contributed by atoms with van der Waals surface area (Å²) in [6.45, 7) is 4.78. The number of ether oxygens (including phenoxy) is 1. The summed E-state index contributed by atoms with van der Waals surface area (Å²) < 4.78 is 20.3. The summed E-state index contributed by atoms with van der Waals surface area (Å²) in [5.74, 6) is -0.677. The van der Waals surface area contributed by atoms with Crippen LogP contribution < -0.4 is 10.1 Å². The Labute approximate surface area is 172 Å². The number of hydrogen-bond acceptors (Lipinski definition) is 4. The number of benzene rings is 2. The van der Waals surface area contributed by atoms with E-state index in [1.807, 2.05) is 36.5 Å². The lowest BCUT2D eigenvalue weighted by atomic mass is 10.1. The summed E-state index contributed by atoms with van der Waals surface area (Å²) in [4.78, 5) is 11.9. The number of amides is 1. The largest absolute Gasteiger partial charge is 0.484 e. The van der Waals surface area contributed by atoms with Crippen LogP contribution in [0.25, 0.3) is 5.57 Å². The van der Waals surface area contributed by atoms with Crippen molar-refractivity contribution in [3.05, 3.63) is 83.4 Å². The molecule has 1 amide bonds. The van der Waals surface area contributed by atoms with E-state index in [1.165, 1.54) is 12.1 Å². The van der Waals surface area contributed by atoms with Crippen molar-refractivity contribution in [2.24, 2.45) is 0 Å². The van der Waals surface area contributed by atoms with Gasteiger partial charge in [0.15, 0.2) is 6.61 Å². The highest BCUT2D eigenvalue weighted by Gasteiger charge is 2.08. The summed E-state index contributed by atoms with van der Waals surface area (Å²) in [7, 11) is 0. The molecule has 150 valence electrons. The number of rotatable bonds is 9. The summed E-state index contributed by atoms with van der Waals surface area (Å²) in [6.07, 6.45) is 2.35. The highest BCUT2D eigenvalue weighted by molar-refractivity contribution is 6.30. The van der Waals surface area contributed by atoms with Gasteiger partial charge in [0, 0.05) is 12.6 Å². The van der Waals surface area contributed by atoms with Gasteiger partial charge in [-0.25, -0.2) is 9.07 Å². The molecule has 6 nitrogen and oxygen atoms in total. The van der Waals surface area contributed by atoms with Gasteiger partial charge < -0.3 is 10.1 Å². The molecule has 0 bridgehead atoms. The van der Waals surface area contributed by atoms with Crippen molar-refractivity contribution < 1.29 is 13.9 Å². The predicted octanol–water partition coefficient (Wildman–Crippen LogP) is 3.72. The molecule has 0 saturated carbocycles. The quantitative estimate of drug-likeness (QED) is 0.579. The number of nitrogens with zero attached hydrogens (tertiary/aromatic N) is 3. The van der Waals surface area contributed by atoms with Gasteiger partial charge in [-0.3, -0.25) is 4.79 Å². The van der Waals surface area contributed by atoms with E-state index in [1.54, 1.807) is 4.68 Å². The van der Waals surface area contributed by atoms with Crippen LogP contribution in [0.4, 0.5) is 4.39 Å². The predicted molar refractivity (Wildman–Crippen MR) is 109 cm³/mol. The Morgan fingerprint density at radius 3 is 2.79 bits per heavy atom. The van der Waals surface area contributed by atoms with Crippen LogP contribution in [0.5, 0.6) is 5.75 Å². The third-order valence-electron chi connectivity index (χ3n) is 4.10. The Kier molecular flexibility index (Phi) is 6.97. The van der Waals surface area contributed by atoms with Gasteiger partial charge in [0.1, 0.15) is 17.3 Å². The smallest absolute Gasteiger partial charge is 0.257 e. The van der Waals surface area contributed by atoms with Crippen LogP contribution in [0, 0.1) is 5.82 Å². The third-order valence-corrected chi connectivity index (χ3v) is 4.40. The van der Waals surface area contributed by atoms with E-state index in [0.717, 1.165) is 17.2 Å². The Bertz CT molecular complexity index is 991. The van der Waals surface area contributed by atoms with E-state index in [9.17, 15) is 9.18 Å². The normalized spacial score (nSPS) is 10.6. The van der Waals surface area contributed by atoms with Crippen molar-refractivity contribution in [1.82, 2.24) is 20.3 Å². The van der Waals surface area contributed by atoms with Gasteiger partial charge in [0.25, 0.3) is 5.91 Å². The summed E-state index contributed by atoms with van der Waals surface area (Å²) in [6, 6.07) is 14.0. The number of carbonyl (C=O) groups is 1. The molecule has 8 heteroatoms. The van der Waals surface area contributed by atoms with Crippen LogP contribution >= 0.6 is 11.6 Å². The van der Waals surface area contributed by atoms with Gasteiger partial charge in [0.2, 0.25) is 0 Å². The zero-order chi connectivity index (χ0) is 20.6. The molecule has 0 spiro atoms. The summed E-state index contributed by atoms with van der Waals surface area (Å²) in [5.41, 5.74) is 2.58. The first-order valence-corrected chi connectivity index (χ1v) is 9.36. The van der Waals surface area contributed by atoms with E-state index < -0.39 is 5.82 Å². The van der Waals surface area contributed by atoms with Crippen LogP contribution in [-0.2, 0) is 11.3 Å². The molecule has 1 N–H and O–H groups in total. The Balaban J connectivity index is 1.40. The molecule has 0 fully saturated rings. The first kappa shape index (κ1) is 20.5. The Morgan fingerprint density at radius 2 is 2.03 bits per heavy atom. The lowest BCUT2D eigenvalue weighted by molar-refractivity contribution is -0.123. The van der Waals surface area contributed by atoms with E-state index >= 15 is 0 Å². The average Bonchev–Trinajstić information content (AvgIpc) is 3.18. The van der Waals surface area contributed by atoms with Crippen LogP contribution in [0.15, 0.2) is 61.3 Å². The SMILES string of the molecule is C=C(CCNC(=O)COc1ccc(Cl)c(F)c1)c1cn(Cc2ccccc2)nn1. The van der Waals surface area contributed by atoms with Crippen molar-refractivity contribution in [2.45, 2.75) is 13.0 Å². The number of hydrogen-bond donors (Lipinski definition) is 1. The van der Waals surface area contributed by atoms with Crippen molar-refractivity contribution in [2.75, 3.05) is 13.2 Å². The molecular formula is C21H20ClFN4O2. The number of carbonyl (C=O) groups excluding carboxylic acids is 1. The maximum absolute atomic E-state index is 13.3. The number of halogens is 2. The molecule has 2 aromatic carbocycles. The second-order valence-electron chi connectivity index (χ2n) is 6.36. The summed E-state index contributed by atoms with van der Waals surface area (Å²) in [5, 5.41) is 11.0. The molecule has 0 saturated heterocycles. The lowest BCUT2D eigenvalue weighted by Gasteiger charge is -2.08. The molecule has 0 atom stereocenters. The molecule has 0 aliphatic carbocycles. The number of nitrogens with one attached hydrogen (secondary N) is 1. The minimum Gasteiger partial charge on any atom is -0.484 e. The van der Waals surface area contributed by atoms with Gasteiger partial charge in [-0.1, -0.05) is 53.7 Å². The first-order chi connectivity index (χ1) is 14.0. The van der Waals surface area contributed by atoms with Gasteiger partial charge in [0.05, 0.1) is 17.8 Å². The van der Waals surface area contributed by atoms with Crippen LogP contribution in [0.1, 0.15) is 17.7 Å². The van der Waals surface area contributed by atoms with E-state index in [-0.39, 0.29) is 23.3 Å². The maximum atomic E-state index is 13.3. The average molecular weight is 415 g/mol. The Morgan fingerprint density at radius 1 is 1.24 bits per heavy atom. The second kappa shape index (κ2) is 9.84. The molecule has 3 aromatic rings. The van der Waals surface area contributed by atoms with Gasteiger partial charge in [-0.05, 0) is 29.7 Å². The van der Waals surface area contributed by atoms with Gasteiger partial charge in [-0.15, -0.1) is 5.10 Å². The van der Waals surface area contributed by atoms with Crippen molar-refractivity contribution >= 4 is 23.1 Å². The highest BCUT2D eigenvalue weighted by Crippen LogP contribution is 2.20. The Hall–Kier alpha value is -3.19. The first-order valence-electron chi connectivity index (χ1n) is 8.98. The molecule has 29 heavy (non-hydrogen) atoms. The highest BCUT2D eigenvalue weighted by atomic mass is 35.5. The fourth-order valence-electron chi connectivity index (χ4n) is 2.56. The van der Waals surface area contributed by atoms with Crippen molar-refractivity contribution in [3.8, 4) is 5.75 Å². The minimum atomic E-state index is -0.596. The molecule has 1 heterocycles. The zero-order valence-electron chi connectivity index (χ0n) is 15.6. The minimum absolute atomic E-state index is 0.000939. The molecule has 0 aliphatic rings. The molecule has 1 aromatic heterocycles. The van der Waals surface area contributed by atoms with Crippen LogP contribution in [0.3, 0.4) is 0 Å². The molecule has 3 rings (SSSR count). The molecular weight excluding hydrogens is 395 g/mol. The third kappa shape index (κ3) is 6.15. The fraction of sp³-hybridized carbons (Fsp3) is 0.190. The maximum Gasteiger partial charge on any atom is 0.257 e. The molecule has 0 unspecified atom stereocenters. The van der Waals surface area contributed by atoms with E-state index in [4.69, 9.17) is 16.3 Å². The van der Waals surface area contributed by atoms with E-state index in [2.05, 4.69) is 22.2 Å². The second-order valence-corrected chi connectivity index (χ2v) is 6.76. The lowest BCUT2D eigenvalue weighted by Crippen LogP contribution is -2.29. The monoisotopic (exact) mass is 414 g/mol. The van der Waals surface area contributed by atoms with Crippen LogP contribution in [-0.4, -0.2) is 34.1 Å². The number of aromatic nitrogens is 3. The summed E-state index contributed by atoms with van der Waals surface area (Å²) >= 11 is 5.60. The fourth-order valence-corrected chi connectivity index (χ4v) is 2.67. The van der Waals surface area contributed by atoms with Gasteiger partial charge in [-0.2, -0.15) is 0 Å². The topological polar surface area (TPSA) is 69.0 Å². The van der Waals surface area contributed by atoms with Gasteiger partial charge >= 0.3 is 0 Å². The van der Waals surface area contributed by atoms with Crippen molar-refractivity contribution in [1.29, 1.82) is 0 Å².